The second-order valence-electron chi connectivity index (χ2n) is 8.98. The van der Waals surface area contributed by atoms with Gasteiger partial charge in [-0.3, -0.25) is 24.0 Å². The molecule has 2 aliphatic heterocycles. The van der Waals surface area contributed by atoms with Gasteiger partial charge in [-0.25, -0.2) is 9.59 Å². The Bertz CT molecular complexity index is 1110. The average molecular weight is 416 g/mol. The number of imidazole rings is 1. The van der Waals surface area contributed by atoms with Crippen LogP contribution in [-0.4, -0.2) is 50.6 Å². The van der Waals surface area contributed by atoms with Crippen LogP contribution in [0.4, 0.5) is 4.79 Å². The Morgan fingerprint density at radius 2 is 1.90 bits per heavy atom. The Kier molecular flexibility index (Phi) is 4.71. The largest absolute Gasteiger partial charge is 0.444 e. The van der Waals surface area contributed by atoms with Crippen LogP contribution in [0.5, 0.6) is 0 Å². The van der Waals surface area contributed by atoms with E-state index in [-0.39, 0.29) is 31.5 Å². The zero-order valence-electron chi connectivity index (χ0n) is 17.6. The first kappa shape index (κ1) is 20.2. The summed E-state index contributed by atoms with van der Waals surface area (Å²) in [5.74, 6) is -0.697. The van der Waals surface area contributed by atoms with Crippen molar-refractivity contribution >= 4 is 28.9 Å². The first-order valence-electron chi connectivity index (χ1n) is 10.1. The molecule has 1 N–H and O–H groups in total. The van der Waals surface area contributed by atoms with E-state index in [1.165, 1.54) is 4.57 Å². The quantitative estimate of drug-likeness (QED) is 0.754. The number of hydrogen-bond acceptors (Lipinski definition) is 5. The minimum atomic E-state index is -0.714. The second-order valence-corrected chi connectivity index (χ2v) is 8.98. The number of hydrogen-bond donors (Lipinski definition) is 1. The lowest BCUT2D eigenvalue weighted by atomic mass is 9.90. The zero-order chi connectivity index (χ0) is 21.8. The Labute approximate surface area is 175 Å². The highest BCUT2D eigenvalue weighted by atomic mass is 16.6. The van der Waals surface area contributed by atoms with Gasteiger partial charge in [0, 0.05) is 33.9 Å². The molecule has 1 unspecified atom stereocenters. The summed E-state index contributed by atoms with van der Waals surface area (Å²) in [5, 5.41) is 2.32. The molecule has 0 spiro atoms. The number of benzene rings is 1. The van der Waals surface area contributed by atoms with Crippen LogP contribution in [-0.2, 0) is 21.4 Å². The highest BCUT2D eigenvalue weighted by Crippen LogP contribution is 2.34. The number of nitrogens with zero attached hydrogens (tertiary/aromatic N) is 3. The van der Waals surface area contributed by atoms with E-state index in [0.717, 1.165) is 11.1 Å². The van der Waals surface area contributed by atoms with Gasteiger partial charge in [0.1, 0.15) is 11.6 Å². The Morgan fingerprint density at radius 3 is 2.53 bits per heavy atom. The van der Waals surface area contributed by atoms with Crippen LogP contribution in [0.3, 0.4) is 0 Å². The number of likely N-dealkylation sites (tertiary alicyclic amines) is 1. The Morgan fingerprint density at radius 1 is 1.20 bits per heavy atom. The van der Waals surface area contributed by atoms with Crippen molar-refractivity contribution in [3.05, 3.63) is 34.2 Å². The molecule has 162 valence electrons. The zero-order valence-corrected chi connectivity index (χ0v) is 17.6. The van der Waals surface area contributed by atoms with Crippen LogP contribution in [0.15, 0.2) is 23.0 Å². The molecule has 30 heavy (non-hydrogen) atoms. The van der Waals surface area contributed by atoms with Gasteiger partial charge >= 0.3 is 11.8 Å². The van der Waals surface area contributed by atoms with Crippen molar-refractivity contribution in [1.29, 1.82) is 0 Å². The van der Waals surface area contributed by atoms with E-state index in [2.05, 4.69) is 5.32 Å². The normalized spacial score (nSPS) is 20.3. The third-order valence-electron chi connectivity index (χ3n) is 5.63. The molecule has 1 aromatic carbocycles. The van der Waals surface area contributed by atoms with Gasteiger partial charge in [-0.1, -0.05) is 12.1 Å². The lowest BCUT2D eigenvalue weighted by Gasteiger charge is -2.40. The number of rotatable bonds is 2. The minimum absolute atomic E-state index is 0. The number of imide groups is 1. The molecule has 0 bridgehead atoms. The molecule has 1 aromatic heterocycles. The van der Waals surface area contributed by atoms with E-state index >= 15 is 0 Å². The molecule has 0 aliphatic carbocycles. The van der Waals surface area contributed by atoms with Crippen molar-refractivity contribution in [2.24, 2.45) is 7.05 Å². The van der Waals surface area contributed by atoms with Gasteiger partial charge in [-0.2, -0.15) is 0 Å². The van der Waals surface area contributed by atoms with E-state index in [0.29, 0.717) is 25.0 Å². The first-order valence-corrected chi connectivity index (χ1v) is 10.1. The van der Waals surface area contributed by atoms with Crippen LogP contribution in [0.2, 0.25) is 0 Å². The van der Waals surface area contributed by atoms with E-state index in [1.807, 2.05) is 39.0 Å². The highest BCUT2D eigenvalue weighted by Gasteiger charge is 2.37. The monoisotopic (exact) mass is 416 g/mol. The van der Waals surface area contributed by atoms with Crippen molar-refractivity contribution in [1.82, 2.24) is 19.4 Å². The number of carbonyl (C=O) groups excluding carboxylic acids is 3. The average Bonchev–Trinajstić information content (AvgIpc) is 2.84. The summed E-state index contributed by atoms with van der Waals surface area (Å²) in [6, 6.07) is 4.91. The molecule has 1 atom stereocenters. The molecule has 2 fully saturated rings. The second kappa shape index (κ2) is 7.00. The molecule has 0 radical (unpaired) electrons. The highest BCUT2D eigenvalue weighted by molar-refractivity contribution is 6.00. The topological polar surface area (TPSA) is 103 Å². The number of fused-ring (bicyclic) bond motifs is 1. The molecule has 2 saturated heterocycles. The van der Waals surface area contributed by atoms with Gasteiger partial charge in [0.05, 0.1) is 11.0 Å². The number of ether oxygens (including phenoxy) is 1. The van der Waals surface area contributed by atoms with E-state index in [9.17, 15) is 19.2 Å². The lowest BCUT2D eigenvalue weighted by molar-refractivity contribution is -0.135. The van der Waals surface area contributed by atoms with E-state index in [1.54, 1.807) is 16.5 Å². The fourth-order valence-electron chi connectivity index (χ4n) is 4.18. The predicted molar refractivity (Wildman–Crippen MR) is 111 cm³/mol. The summed E-state index contributed by atoms with van der Waals surface area (Å²) in [7, 11) is 1.68. The molecule has 9 nitrogen and oxygen atoms in total. The SMILES string of the molecule is Cn1c(=O)n(C2CCC(=O)NC2=O)c2cccc(C3CN(C(=O)OC(C)(C)C)C3)c21.[HH]. The smallest absolute Gasteiger partial charge is 0.410 e. The van der Waals surface area contributed by atoms with Crippen LogP contribution >= 0.6 is 0 Å². The van der Waals surface area contributed by atoms with Crippen molar-refractivity contribution in [3.8, 4) is 0 Å². The van der Waals surface area contributed by atoms with Gasteiger partial charge in [0.15, 0.2) is 0 Å². The van der Waals surface area contributed by atoms with Crippen LogP contribution in [0.1, 0.15) is 52.6 Å². The summed E-state index contributed by atoms with van der Waals surface area (Å²) in [5.41, 5.74) is 1.52. The van der Waals surface area contributed by atoms with Crippen LogP contribution in [0.25, 0.3) is 11.0 Å². The standard InChI is InChI=1S/C21H26N4O5.H2/c1-21(2,3)30-20(29)24-10-12(11-24)13-6-5-7-14-17(13)23(4)19(28)25(14)15-8-9-16(26)22-18(15)27;/h5-7,12,15H,8-11H2,1-4H3,(H,22,26,27);1H. The molecular formula is C21H28N4O5. The molecule has 0 saturated carbocycles. The number of aromatic nitrogens is 2. The van der Waals surface area contributed by atoms with Gasteiger partial charge in [-0.15, -0.1) is 0 Å². The van der Waals surface area contributed by atoms with Gasteiger partial charge in [0.25, 0.3) is 0 Å². The lowest BCUT2D eigenvalue weighted by Crippen LogP contribution is -2.50. The third kappa shape index (κ3) is 3.38. The molecular weight excluding hydrogens is 388 g/mol. The van der Waals surface area contributed by atoms with Crippen molar-refractivity contribution in [2.45, 2.75) is 51.2 Å². The Hall–Kier alpha value is -3.10. The maximum absolute atomic E-state index is 13.0. The maximum atomic E-state index is 13.0. The summed E-state index contributed by atoms with van der Waals surface area (Å²) in [4.78, 5) is 50.8. The number of carbonyl (C=O) groups is 3. The van der Waals surface area contributed by atoms with Gasteiger partial charge in [-0.05, 0) is 38.8 Å². The van der Waals surface area contributed by atoms with Crippen LogP contribution < -0.4 is 11.0 Å². The first-order chi connectivity index (χ1) is 14.1. The number of piperidine rings is 1. The van der Waals surface area contributed by atoms with Gasteiger partial charge in [0.2, 0.25) is 11.8 Å². The molecule has 4 rings (SSSR count). The fourth-order valence-corrected chi connectivity index (χ4v) is 4.18. The summed E-state index contributed by atoms with van der Waals surface area (Å²) in [6.07, 6.45) is 0.150. The number of nitrogens with one attached hydrogen (secondary N) is 1. The molecule has 3 amide bonds. The molecule has 2 aliphatic rings. The number of aryl methyl sites for hydroxylation is 1. The summed E-state index contributed by atoms with van der Waals surface area (Å²) in [6.45, 7) is 6.50. The Balaban J connectivity index is 0.00000272. The number of amides is 3. The van der Waals surface area contributed by atoms with Crippen molar-refractivity contribution in [3.63, 3.8) is 0 Å². The maximum Gasteiger partial charge on any atom is 0.410 e. The van der Waals surface area contributed by atoms with Crippen molar-refractivity contribution in [2.75, 3.05) is 13.1 Å². The van der Waals surface area contributed by atoms with Crippen LogP contribution in [0, 0.1) is 0 Å². The summed E-state index contributed by atoms with van der Waals surface area (Å²) < 4.78 is 8.44. The molecule has 2 aromatic rings. The third-order valence-corrected chi connectivity index (χ3v) is 5.63. The summed E-state index contributed by atoms with van der Waals surface area (Å²) >= 11 is 0. The molecule has 3 heterocycles. The molecule has 9 heteroatoms. The minimum Gasteiger partial charge on any atom is -0.444 e. The number of para-hydroxylation sites is 1. The van der Waals surface area contributed by atoms with Crippen molar-refractivity contribution < 1.29 is 20.5 Å². The fraction of sp³-hybridized carbons (Fsp3) is 0.524. The van der Waals surface area contributed by atoms with E-state index < -0.39 is 17.6 Å². The predicted octanol–water partition coefficient (Wildman–Crippen LogP) is 1.90. The van der Waals surface area contributed by atoms with Gasteiger partial charge < -0.3 is 9.64 Å². The van der Waals surface area contributed by atoms with E-state index in [4.69, 9.17) is 4.74 Å².